The highest BCUT2D eigenvalue weighted by Gasteiger charge is 2.50. The second-order valence-electron chi connectivity index (χ2n) is 6.62. The van der Waals surface area contributed by atoms with Crippen LogP contribution in [0.15, 0.2) is 24.0 Å². The molecule has 3 heterocycles. The number of aliphatic hydroxyl groups excluding tert-OH is 1. The lowest BCUT2D eigenvalue weighted by molar-refractivity contribution is -0.0439. The molecule has 1 N–H and O–H groups in total. The molecule has 1 aliphatic heterocycles. The van der Waals surface area contributed by atoms with Crippen LogP contribution in [0.4, 0.5) is 0 Å². The van der Waals surface area contributed by atoms with Crippen LogP contribution in [0.25, 0.3) is 11.3 Å². The van der Waals surface area contributed by atoms with Crippen molar-refractivity contribution in [2.75, 3.05) is 0 Å². The van der Waals surface area contributed by atoms with Gasteiger partial charge in [-0.3, -0.25) is 0 Å². The van der Waals surface area contributed by atoms with E-state index in [1.54, 1.807) is 0 Å². The van der Waals surface area contributed by atoms with E-state index in [0.717, 1.165) is 18.8 Å². The molecule has 0 radical (unpaired) electrons. The normalized spacial score (nSPS) is 38.0. The van der Waals surface area contributed by atoms with Gasteiger partial charge in [-0.1, -0.05) is 0 Å². The molecule has 3 nitrogen and oxygen atoms in total. The van der Waals surface area contributed by atoms with E-state index in [1.165, 1.54) is 29.0 Å². The molecule has 104 valence electrons. The molecule has 5 rings (SSSR count). The van der Waals surface area contributed by atoms with E-state index < -0.39 is 0 Å². The fourth-order valence-electron chi connectivity index (χ4n) is 4.78. The Kier molecular flexibility index (Phi) is 2.28. The number of aliphatic hydroxyl groups is 1. The summed E-state index contributed by atoms with van der Waals surface area (Å²) in [7, 11) is 0. The van der Waals surface area contributed by atoms with Crippen molar-refractivity contribution in [3.8, 4) is 11.3 Å². The molecule has 5 atom stereocenters. The van der Waals surface area contributed by atoms with Gasteiger partial charge < -0.3 is 9.67 Å². The van der Waals surface area contributed by atoms with Crippen LogP contribution in [0.1, 0.15) is 36.6 Å². The van der Waals surface area contributed by atoms with Crippen LogP contribution in [0.3, 0.4) is 0 Å². The molecule has 2 aromatic heterocycles. The number of imidazole rings is 1. The molecular weight excluding hydrogens is 268 g/mol. The number of fused-ring (bicyclic) bond motifs is 4. The first-order chi connectivity index (χ1) is 9.83. The maximum absolute atomic E-state index is 9.99. The predicted octanol–water partition coefficient (Wildman–Crippen LogP) is 3.31. The van der Waals surface area contributed by atoms with Crippen molar-refractivity contribution in [2.45, 2.75) is 37.8 Å². The Morgan fingerprint density at radius 3 is 3.15 bits per heavy atom. The zero-order valence-electron chi connectivity index (χ0n) is 11.3. The summed E-state index contributed by atoms with van der Waals surface area (Å²) in [5, 5.41) is 12.2. The van der Waals surface area contributed by atoms with E-state index in [2.05, 4.69) is 21.0 Å². The van der Waals surface area contributed by atoms with E-state index in [0.29, 0.717) is 17.9 Å². The lowest BCUT2D eigenvalue weighted by Gasteiger charge is -2.51. The Labute approximate surface area is 122 Å². The summed E-state index contributed by atoms with van der Waals surface area (Å²) in [6, 6.07) is 2.72. The van der Waals surface area contributed by atoms with Crippen molar-refractivity contribution in [1.82, 2.24) is 9.55 Å². The summed E-state index contributed by atoms with van der Waals surface area (Å²) in [6.07, 6.45) is 8.51. The minimum absolute atomic E-state index is 0.0643. The molecule has 0 bridgehead atoms. The molecule has 0 amide bonds. The quantitative estimate of drug-likeness (QED) is 0.873. The average Bonchev–Trinajstić information content (AvgIpc) is 3.08. The molecule has 0 aromatic carbocycles. The second-order valence-corrected chi connectivity index (χ2v) is 7.57. The molecule has 2 fully saturated rings. The lowest BCUT2D eigenvalue weighted by Crippen LogP contribution is -2.46. The van der Waals surface area contributed by atoms with Gasteiger partial charge in [0.2, 0.25) is 0 Å². The molecular formula is C16H18N2OS. The summed E-state index contributed by atoms with van der Waals surface area (Å²) >= 11 is 1.89. The van der Waals surface area contributed by atoms with Gasteiger partial charge in [0, 0.05) is 10.4 Å². The highest BCUT2D eigenvalue weighted by molar-refractivity contribution is 7.10. The Bertz CT molecular complexity index is 621. The number of hydrogen-bond acceptors (Lipinski definition) is 3. The molecule has 1 unspecified atom stereocenters. The summed E-state index contributed by atoms with van der Waals surface area (Å²) in [6.45, 7) is 0. The summed E-state index contributed by atoms with van der Waals surface area (Å²) in [5.74, 6) is 2.27. The van der Waals surface area contributed by atoms with Gasteiger partial charge in [-0.05, 0) is 54.9 Å². The fourth-order valence-corrected chi connectivity index (χ4v) is 5.86. The van der Waals surface area contributed by atoms with Gasteiger partial charge in [0.05, 0.1) is 30.4 Å². The van der Waals surface area contributed by atoms with E-state index in [4.69, 9.17) is 0 Å². The van der Waals surface area contributed by atoms with Gasteiger partial charge in [-0.15, -0.1) is 11.3 Å². The van der Waals surface area contributed by atoms with E-state index in [9.17, 15) is 5.11 Å². The van der Waals surface area contributed by atoms with Crippen LogP contribution >= 0.6 is 11.3 Å². The van der Waals surface area contributed by atoms with Crippen LogP contribution in [0, 0.1) is 17.8 Å². The van der Waals surface area contributed by atoms with Crippen LogP contribution in [0.5, 0.6) is 0 Å². The molecule has 0 saturated heterocycles. The summed E-state index contributed by atoms with van der Waals surface area (Å²) in [4.78, 5) is 5.87. The minimum atomic E-state index is -0.0643. The number of aromatic nitrogens is 2. The van der Waals surface area contributed by atoms with Crippen LogP contribution in [-0.4, -0.2) is 20.8 Å². The number of thiophene rings is 1. The van der Waals surface area contributed by atoms with Crippen molar-refractivity contribution in [2.24, 2.45) is 17.8 Å². The first kappa shape index (κ1) is 11.5. The third-order valence-corrected chi connectivity index (χ3v) is 6.74. The van der Waals surface area contributed by atoms with Crippen molar-refractivity contribution in [3.63, 3.8) is 0 Å². The topological polar surface area (TPSA) is 38.1 Å². The second kappa shape index (κ2) is 3.95. The first-order valence-corrected chi connectivity index (χ1v) is 8.48. The minimum Gasteiger partial charge on any atom is -0.393 e. The van der Waals surface area contributed by atoms with Crippen molar-refractivity contribution in [1.29, 1.82) is 0 Å². The van der Waals surface area contributed by atoms with E-state index >= 15 is 0 Å². The van der Waals surface area contributed by atoms with Gasteiger partial charge >= 0.3 is 0 Å². The predicted molar refractivity (Wildman–Crippen MR) is 78.6 cm³/mol. The van der Waals surface area contributed by atoms with Gasteiger partial charge in [0.25, 0.3) is 0 Å². The van der Waals surface area contributed by atoms with Gasteiger partial charge in [-0.25, -0.2) is 4.98 Å². The molecule has 2 aromatic rings. The maximum Gasteiger partial charge on any atom is 0.0957 e. The van der Waals surface area contributed by atoms with Crippen LogP contribution in [0.2, 0.25) is 0 Å². The Balaban J connectivity index is 1.54. The maximum atomic E-state index is 9.99. The molecule has 3 aliphatic rings. The Morgan fingerprint density at radius 1 is 1.25 bits per heavy atom. The smallest absolute Gasteiger partial charge is 0.0957 e. The van der Waals surface area contributed by atoms with Crippen LogP contribution in [-0.2, 0) is 0 Å². The van der Waals surface area contributed by atoms with Crippen molar-refractivity contribution >= 4 is 11.3 Å². The van der Waals surface area contributed by atoms with Crippen molar-refractivity contribution < 1.29 is 5.11 Å². The molecule has 20 heavy (non-hydrogen) atoms. The van der Waals surface area contributed by atoms with Gasteiger partial charge in [0.1, 0.15) is 0 Å². The first-order valence-electron chi connectivity index (χ1n) is 7.60. The fraction of sp³-hybridized carbons (Fsp3) is 0.562. The van der Waals surface area contributed by atoms with Crippen molar-refractivity contribution in [3.05, 3.63) is 28.8 Å². The third-order valence-electron chi connectivity index (χ3n) is 5.76. The molecule has 2 saturated carbocycles. The zero-order valence-corrected chi connectivity index (χ0v) is 12.1. The average molecular weight is 286 g/mol. The van der Waals surface area contributed by atoms with E-state index in [-0.39, 0.29) is 6.10 Å². The van der Waals surface area contributed by atoms with E-state index in [1.807, 2.05) is 23.9 Å². The zero-order chi connectivity index (χ0) is 13.3. The van der Waals surface area contributed by atoms with Crippen LogP contribution < -0.4 is 0 Å². The SMILES string of the molecule is O[C@@H]1CC[C@@H]2C[C@H]([C@H]3c4sccc4-c4cncn43)C2C1. The highest BCUT2D eigenvalue weighted by Crippen LogP contribution is 2.58. The number of rotatable bonds is 1. The third kappa shape index (κ3) is 1.36. The molecule has 0 spiro atoms. The Hall–Kier alpha value is -1.13. The lowest BCUT2D eigenvalue weighted by atomic mass is 9.56. The number of nitrogens with zero attached hydrogens (tertiary/aromatic N) is 2. The molecule has 2 aliphatic carbocycles. The largest absolute Gasteiger partial charge is 0.393 e. The molecule has 4 heteroatoms. The van der Waals surface area contributed by atoms with Gasteiger partial charge in [-0.2, -0.15) is 0 Å². The monoisotopic (exact) mass is 286 g/mol. The number of hydrogen-bond donors (Lipinski definition) is 1. The highest BCUT2D eigenvalue weighted by atomic mass is 32.1. The Morgan fingerprint density at radius 2 is 2.20 bits per heavy atom. The summed E-state index contributed by atoms with van der Waals surface area (Å²) in [5.41, 5.74) is 2.67. The standard InChI is InChI=1S/C16H18N2OS/c19-10-2-1-9-5-13(12(9)6-10)15-16-11(3-4-20-16)14-7-17-8-18(14)15/h3-4,7-10,12-13,15,19H,1-2,5-6H2/t9-,10-,12?,13+,15+/m1/s1. The van der Waals surface area contributed by atoms with Gasteiger partial charge in [0.15, 0.2) is 0 Å². The summed E-state index contributed by atoms with van der Waals surface area (Å²) < 4.78 is 2.38.